The number of anilines is 1. The summed E-state index contributed by atoms with van der Waals surface area (Å²) in [5.41, 5.74) is 2.65. The maximum absolute atomic E-state index is 12.3. The molecule has 1 heterocycles. The number of nitrogens with one attached hydrogen (secondary N) is 2. The van der Waals surface area contributed by atoms with E-state index in [2.05, 4.69) is 34.4 Å². The van der Waals surface area contributed by atoms with E-state index >= 15 is 0 Å². The first-order chi connectivity index (χ1) is 11.0. The Bertz CT molecular complexity index is 667. The lowest BCUT2D eigenvalue weighted by atomic mass is 10.1. The third-order valence-corrected chi connectivity index (χ3v) is 3.65. The van der Waals surface area contributed by atoms with Crippen molar-refractivity contribution in [3.8, 4) is 0 Å². The third kappa shape index (κ3) is 5.06. The van der Waals surface area contributed by atoms with Crippen LogP contribution in [0.1, 0.15) is 47.7 Å². The van der Waals surface area contributed by atoms with E-state index in [1.807, 2.05) is 31.2 Å². The summed E-state index contributed by atoms with van der Waals surface area (Å²) in [5, 5.41) is 6.18. The minimum atomic E-state index is -0.191. The predicted molar refractivity (Wildman–Crippen MR) is 92.5 cm³/mol. The second kappa shape index (κ2) is 7.72. The number of aryl methyl sites for hydroxylation is 2. The molecular weight excluding hydrogens is 288 g/mol. The lowest BCUT2D eigenvalue weighted by molar-refractivity contribution is 0.0945. The predicted octanol–water partition coefficient (Wildman–Crippen LogP) is 3.23. The van der Waals surface area contributed by atoms with Gasteiger partial charge in [0, 0.05) is 18.7 Å². The summed E-state index contributed by atoms with van der Waals surface area (Å²) in [5.74, 6) is 1.08. The van der Waals surface area contributed by atoms with Crippen molar-refractivity contribution in [1.29, 1.82) is 0 Å². The van der Waals surface area contributed by atoms with Crippen LogP contribution in [0.5, 0.6) is 0 Å². The zero-order valence-electron chi connectivity index (χ0n) is 14.2. The highest BCUT2D eigenvalue weighted by atomic mass is 16.1. The number of benzene rings is 1. The van der Waals surface area contributed by atoms with Crippen LogP contribution in [0.4, 0.5) is 5.82 Å². The van der Waals surface area contributed by atoms with Crippen LogP contribution >= 0.6 is 0 Å². The van der Waals surface area contributed by atoms with E-state index in [4.69, 9.17) is 0 Å². The summed E-state index contributed by atoms with van der Waals surface area (Å²) >= 11 is 0. The summed E-state index contributed by atoms with van der Waals surface area (Å²) in [6, 6.07) is 10.1. The fraction of sp³-hybridized carbons (Fsp3) is 0.389. The molecule has 23 heavy (non-hydrogen) atoms. The molecule has 5 heteroatoms. The molecule has 0 saturated carbocycles. The normalized spacial score (nSPS) is 11.8. The Kier molecular flexibility index (Phi) is 5.68. The lowest BCUT2D eigenvalue weighted by Gasteiger charge is -2.13. The minimum Gasteiger partial charge on any atom is -0.368 e. The zero-order valence-corrected chi connectivity index (χ0v) is 14.2. The SMILES string of the molecule is CCC(C)Nc1cc(C(=O)NCc2ccc(C)cc2)nc(C)n1. The quantitative estimate of drug-likeness (QED) is 0.859. The fourth-order valence-electron chi connectivity index (χ4n) is 2.09. The topological polar surface area (TPSA) is 66.9 Å². The number of hydrogen-bond acceptors (Lipinski definition) is 4. The van der Waals surface area contributed by atoms with Crippen molar-refractivity contribution in [2.75, 3.05) is 5.32 Å². The standard InChI is InChI=1S/C18H24N4O/c1-5-13(3)20-17-10-16(21-14(4)22-17)18(23)19-11-15-8-6-12(2)7-9-15/h6-10,13H,5,11H2,1-4H3,(H,19,23)(H,20,21,22). The molecule has 122 valence electrons. The van der Waals surface area contributed by atoms with Gasteiger partial charge in [0.1, 0.15) is 17.3 Å². The van der Waals surface area contributed by atoms with Crippen molar-refractivity contribution in [3.63, 3.8) is 0 Å². The van der Waals surface area contributed by atoms with Gasteiger partial charge in [-0.05, 0) is 32.8 Å². The Balaban J connectivity index is 2.04. The van der Waals surface area contributed by atoms with Crippen LogP contribution in [0.3, 0.4) is 0 Å². The molecular formula is C18H24N4O. The van der Waals surface area contributed by atoms with Gasteiger partial charge in [-0.3, -0.25) is 4.79 Å². The molecule has 0 fully saturated rings. The summed E-state index contributed by atoms with van der Waals surface area (Å²) < 4.78 is 0. The molecule has 2 N–H and O–H groups in total. The Labute approximate surface area is 137 Å². The van der Waals surface area contributed by atoms with Gasteiger partial charge in [0.15, 0.2) is 0 Å². The van der Waals surface area contributed by atoms with Crippen molar-refractivity contribution >= 4 is 11.7 Å². The van der Waals surface area contributed by atoms with Crippen molar-refractivity contribution in [2.24, 2.45) is 0 Å². The Morgan fingerprint density at radius 2 is 1.87 bits per heavy atom. The van der Waals surface area contributed by atoms with Crippen LogP contribution in [0.15, 0.2) is 30.3 Å². The van der Waals surface area contributed by atoms with Gasteiger partial charge in [0.2, 0.25) is 0 Å². The first-order valence-corrected chi connectivity index (χ1v) is 7.94. The molecule has 0 spiro atoms. The molecule has 1 unspecified atom stereocenters. The lowest BCUT2D eigenvalue weighted by Crippen LogP contribution is -2.25. The first-order valence-electron chi connectivity index (χ1n) is 7.94. The van der Waals surface area contributed by atoms with Gasteiger partial charge in [-0.2, -0.15) is 0 Å². The molecule has 1 aromatic carbocycles. The van der Waals surface area contributed by atoms with Gasteiger partial charge in [0.05, 0.1) is 0 Å². The average molecular weight is 312 g/mol. The van der Waals surface area contributed by atoms with E-state index in [1.54, 1.807) is 13.0 Å². The summed E-state index contributed by atoms with van der Waals surface area (Å²) in [6.45, 7) is 8.49. The second-order valence-electron chi connectivity index (χ2n) is 5.81. The molecule has 2 aromatic rings. The van der Waals surface area contributed by atoms with Crippen LogP contribution < -0.4 is 10.6 Å². The summed E-state index contributed by atoms with van der Waals surface area (Å²) in [7, 11) is 0. The molecule has 1 aromatic heterocycles. The number of nitrogens with zero attached hydrogens (tertiary/aromatic N) is 2. The van der Waals surface area contributed by atoms with Crippen molar-refractivity contribution in [1.82, 2.24) is 15.3 Å². The molecule has 0 saturated heterocycles. The molecule has 0 aliphatic carbocycles. The molecule has 0 aliphatic heterocycles. The monoisotopic (exact) mass is 312 g/mol. The number of rotatable bonds is 6. The average Bonchev–Trinajstić information content (AvgIpc) is 2.53. The largest absolute Gasteiger partial charge is 0.368 e. The maximum atomic E-state index is 12.3. The minimum absolute atomic E-state index is 0.191. The molecule has 2 rings (SSSR count). The van der Waals surface area contributed by atoms with Crippen LogP contribution in [0.25, 0.3) is 0 Å². The number of carbonyl (C=O) groups is 1. The van der Waals surface area contributed by atoms with Crippen molar-refractivity contribution in [2.45, 2.75) is 46.7 Å². The Morgan fingerprint density at radius 1 is 1.17 bits per heavy atom. The van der Waals surface area contributed by atoms with Crippen LogP contribution in [-0.2, 0) is 6.54 Å². The Morgan fingerprint density at radius 3 is 2.52 bits per heavy atom. The molecule has 0 bridgehead atoms. The summed E-state index contributed by atoms with van der Waals surface area (Å²) in [4.78, 5) is 20.9. The Hall–Kier alpha value is -2.43. The van der Waals surface area contributed by atoms with E-state index in [0.717, 1.165) is 12.0 Å². The van der Waals surface area contributed by atoms with E-state index in [9.17, 15) is 4.79 Å². The highest BCUT2D eigenvalue weighted by Crippen LogP contribution is 2.10. The zero-order chi connectivity index (χ0) is 16.8. The number of carbonyl (C=O) groups excluding carboxylic acids is 1. The summed E-state index contributed by atoms with van der Waals surface area (Å²) in [6.07, 6.45) is 0.984. The van der Waals surface area contributed by atoms with E-state index in [0.29, 0.717) is 29.9 Å². The van der Waals surface area contributed by atoms with Crippen LogP contribution in [0, 0.1) is 13.8 Å². The van der Waals surface area contributed by atoms with Gasteiger partial charge in [-0.1, -0.05) is 36.8 Å². The molecule has 5 nitrogen and oxygen atoms in total. The van der Waals surface area contributed by atoms with Crippen LogP contribution in [0.2, 0.25) is 0 Å². The molecule has 1 amide bonds. The maximum Gasteiger partial charge on any atom is 0.270 e. The van der Waals surface area contributed by atoms with Gasteiger partial charge in [0.25, 0.3) is 5.91 Å². The van der Waals surface area contributed by atoms with Crippen molar-refractivity contribution < 1.29 is 4.79 Å². The van der Waals surface area contributed by atoms with Crippen molar-refractivity contribution in [3.05, 3.63) is 53.0 Å². The number of aromatic nitrogens is 2. The molecule has 1 atom stereocenters. The fourth-order valence-corrected chi connectivity index (χ4v) is 2.09. The number of hydrogen-bond donors (Lipinski definition) is 2. The van der Waals surface area contributed by atoms with E-state index < -0.39 is 0 Å². The van der Waals surface area contributed by atoms with Gasteiger partial charge >= 0.3 is 0 Å². The molecule has 0 radical (unpaired) electrons. The van der Waals surface area contributed by atoms with Gasteiger partial charge in [-0.15, -0.1) is 0 Å². The highest BCUT2D eigenvalue weighted by molar-refractivity contribution is 5.92. The van der Waals surface area contributed by atoms with Gasteiger partial charge in [-0.25, -0.2) is 9.97 Å². The van der Waals surface area contributed by atoms with Crippen LogP contribution in [-0.4, -0.2) is 21.9 Å². The second-order valence-corrected chi connectivity index (χ2v) is 5.81. The van der Waals surface area contributed by atoms with Gasteiger partial charge < -0.3 is 10.6 Å². The number of amides is 1. The van der Waals surface area contributed by atoms with E-state index in [-0.39, 0.29) is 5.91 Å². The first kappa shape index (κ1) is 16.9. The van der Waals surface area contributed by atoms with E-state index in [1.165, 1.54) is 5.56 Å². The third-order valence-electron chi connectivity index (χ3n) is 3.65. The molecule has 0 aliphatic rings. The smallest absolute Gasteiger partial charge is 0.270 e. The highest BCUT2D eigenvalue weighted by Gasteiger charge is 2.11.